The number of carbonyl (C=O) groups excluding carboxylic acids is 1. The molecule has 1 fully saturated rings. The van der Waals surface area contributed by atoms with E-state index in [0.29, 0.717) is 31.5 Å². The molecule has 0 unspecified atom stereocenters. The van der Waals surface area contributed by atoms with E-state index >= 15 is 0 Å². The molecule has 9 heteroatoms. The van der Waals surface area contributed by atoms with Crippen LogP contribution in [0.3, 0.4) is 0 Å². The van der Waals surface area contributed by atoms with Crippen molar-refractivity contribution in [1.29, 1.82) is 0 Å². The molecule has 0 radical (unpaired) electrons. The van der Waals surface area contributed by atoms with Crippen LogP contribution >= 0.6 is 0 Å². The van der Waals surface area contributed by atoms with Crippen LogP contribution in [-0.4, -0.2) is 38.7 Å². The highest BCUT2D eigenvalue weighted by Crippen LogP contribution is 2.25. The van der Waals surface area contributed by atoms with Crippen molar-refractivity contribution >= 4 is 27.7 Å². The number of para-hydroxylation sites is 1. The number of hydrogen-bond acceptors (Lipinski definition) is 5. The first-order valence-corrected chi connectivity index (χ1v) is 11.2. The Morgan fingerprint density at radius 3 is 2.47 bits per heavy atom. The SMILES string of the molecule is O=C(/C=C/c1ccccc1N1CCC(NS(=O)(=O)Cc2ccc(F)cc2)CC1)NO. The van der Waals surface area contributed by atoms with Crippen molar-refractivity contribution in [3.05, 3.63) is 71.6 Å². The molecule has 2 aromatic carbocycles. The fourth-order valence-electron chi connectivity index (χ4n) is 3.45. The van der Waals surface area contributed by atoms with Crippen LogP contribution in [-0.2, 0) is 20.6 Å². The van der Waals surface area contributed by atoms with Crippen molar-refractivity contribution in [3.8, 4) is 0 Å². The first-order valence-electron chi connectivity index (χ1n) is 9.57. The number of rotatable bonds is 7. The fourth-order valence-corrected chi connectivity index (χ4v) is 4.91. The third-order valence-corrected chi connectivity index (χ3v) is 6.32. The number of piperidine rings is 1. The molecule has 3 N–H and O–H groups in total. The molecular formula is C21H24FN3O4S. The number of hydrogen-bond donors (Lipinski definition) is 3. The average molecular weight is 434 g/mol. The Bertz CT molecular complexity index is 1000. The molecule has 1 heterocycles. The first-order chi connectivity index (χ1) is 14.4. The van der Waals surface area contributed by atoms with Gasteiger partial charge < -0.3 is 4.90 Å². The lowest BCUT2D eigenvalue weighted by Crippen LogP contribution is -2.45. The summed E-state index contributed by atoms with van der Waals surface area (Å²) < 4.78 is 40.6. The number of nitrogens with zero attached hydrogens (tertiary/aromatic N) is 1. The molecule has 0 aromatic heterocycles. The van der Waals surface area contributed by atoms with E-state index < -0.39 is 21.7 Å². The molecule has 0 aliphatic carbocycles. The van der Waals surface area contributed by atoms with Crippen LogP contribution in [0.2, 0.25) is 0 Å². The lowest BCUT2D eigenvalue weighted by atomic mass is 10.0. The van der Waals surface area contributed by atoms with Gasteiger partial charge in [0.05, 0.1) is 5.75 Å². The largest absolute Gasteiger partial charge is 0.371 e. The van der Waals surface area contributed by atoms with Crippen LogP contribution in [0.15, 0.2) is 54.6 Å². The molecule has 3 rings (SSSR count). The zero-order valence-electron chi connectivity index (χ0n) is 16.3. The molecule has 1 aliphatic heterocycles. The molecule has 0 spiro atoms. The van der Waals surface area contributed by atoms with E-state index in [2.05, 4.69) is 9.62 Å². The zero-order chi connectivity index (χ0) is 21.6. The van der Waals surface area contributed by atoms with Crippen LogP contribution in [0.25, 0.3) is 6.08 Å². The lowest BCUT2D eigenvalue weighted by Gasteiger charge is -2.34. The van der Waals surface area contributed by atoms with E-state index in [-0.39, 0.29) is 11.8 Å². The minimum atomic E-state index is -3.53. The zero-order valence-corrected chi connectivity index (χ0v) is 17.1. The third kappa shape index (κ3) is 6.12. The Hall–Kier alpha value is -2.75. The number of nitrogens with one attached hydrogen (secondary N) is 2. The maximum absolute atomic E-state index is 13.0. The number of hydroxylamine groups is 1. The van der Waals surface area contributed by atoms with E-state index in [9.17, 15) is 17.6 Å². The van der Waals surface area contributed by atoms with Gasteiger partial charge in [0, 0.05) is 30.9 Å². The number of anilines is 1. The van der Waals surface area contributed by atoms with Crippen molar-refractivity contribution in [3.63, 3.8) is 0 Å². The Balaban J connectivity index is 1.59. The number of benzene rings is 2. The summed E-state index contributed by atoms with van der Waals surface area (Å²) in [6, 6.07) is 12.8. The third-order valence-electron chi connectivity index (χ3n) is 4.91. The van der Waals surface area contributed by atoms with E-state index in [0.717, 1.165) is 11.3 Å². The standard InChI is InChI=1S/C21H24FN3O4S/c22-18-8-5-16(6-9-18)15-30(28,29)24-19-11-13-25(14-12-19)20-4-2-1-3-17(20)7-10-21(26)23-27/h1-10,19,24,27H,11-15H2,(H,23,26)/b10-7+. The van der Waals surface area contributed by atoms with E-state index in [1.54, 1.807) is 11.6 Å². The van der Waals surface area contributed by atoms with Crippen molar-refractivity contribution in [1.82, 2.24) is 10.2 Å². The minimum Gasteiger partial charge on any atom is -0.371 e. The highest BCUT2D eigenvalue weighted by molar-refractivity contribution is 7.88. The summed E-state index contributed by atoms with van der Waals surface area (Å²) in [5.41, 5.74) is 3.86. The van der Waals surface area contributed by atoms with Crippen molar-refractivity contribution < 1.29 is 22.8 Å². The summed E-state index contributed by atoms with van der Waals surface area (Å²) >= 11 is 0. The Morgan fingerprint density at radius 2 is 1.80 bits per heavy atom. The summed E-state index contributed by atoms with van der Waals surface area (Å²) in [4.78, 5) is 13.4. The van der Waals surface area contributed by atoms with Crippen LogP contribution in [0, 0.1) is 5.82 Å². The van der Waals surface area contributed by atoms with Gasteiger partial charge in [-0.2, -0.15) is 0 Å². The van der Waals surface area contributed by atoms with Gasteiger partial charge in [0.1, 0.15) is 5.82 Å². The molecule has 1 amide bonds. The summed E-state index contributed by atoms with van der Waals surface area (Å²) in [7, 11) is -3.53. The molecule has 160 valence electrons. The number of amides is 1. The summed E-state index contributed by atoms with van der Waals surface area (Å²) in [5.74, 6) is -1.20. The Kier molecular flexibility index (Phi) is 7.20. The Morgan fingerprint density at radius 1 is 1.13 bits per heavy atom. The van der Waals surface area contributed by atoms with E-state index in [1.165, 1.54) is 30.3 Å². The molecule has 30 heavy (non-hydrogen) atoms. The van der Waals surface area contributed by atoms with Crippen LogP contribution < -0.4 is 15.1 Å². The predicted octanol–water partition coefficient (Wildman–Crippen LogP) is 2.43. The van der Waals surface area contributed by atoms with Gasteiger partial charge in [-0.15, -0.1) is 0 Å². The number of carbonyl (C=O) groups is 1. The molecule has 1 saturated heterocycles. The second-order valence-electron chi connectivity index (χ2n) is 7.13. The van der Waals surface area contributed by atoms with Crippen LogP contribution in [0.5, 0.6) is 0 Å². The van der Waals surface area contributed by atoms with Gasteiger partial charge in [0.25, 0.3) is 5.91 Å². The van der Waals surface area contributed by atoms with Gasteiger partial charge in [-0.25, -0.2) is 23.0 Å². The monoisotopic (exact) mass is 433 g/mol. The minimum absolute atomic E-state index is 0.172. The highest BCUT2D eigenvalue weighted by Gasteiger charge is 2.24. The predicted molar refractivity (Wildman–Crippen MR) is 113 cm³/mol. The van der Waals surface area contributed by atoms with Gasteiger partial charge in [-0.05, 0) is 48.2 Å². The van der Waals surface area contributed by atoms with Gasteiger partial charge in [0.15, 0.2) is 0 Å². The normalized spacial score (nSPS) is 15.5. The van der Waals surface area contributed by atoms with E-state index in [1.807, 2.05) is 24.3 Å². The second-order valence-corrected chi connectivity index (χ2v) is 8.89. The molecule has 0 atom stereocenters. The molecule has 7 nitrogen and oxygen atoms in total. The smallest absolute Gasteiger partial charge is 0.267 e. The topological polar surface area (TPSA) is 98.7 Å². The molecular weight excluding hydrogens is 409 g/mol. The number of halogens is 1. The summed E-state index contributed by atoms with van der Waals surface area (Å²) in [5, 5.41) is 8.62. The first kappa shape index (κ1) is 21.9. The lowest BCUT2D eigenvalue weighted by molar-refractivity contribution is -0.124. The van der Waals surface area contributed by atoms with Gasteiger partial charge in [-0.3, -0.25) is 10.0 Å². The molecule has 0 saturated carbocycles. The van der Waals surface area contributed by atoms with Gasteiger partial charge in [0.2, 0.25) is 10.0 Å². The highest BCUT2D eigenvalue weighted by atomic mass is 32.2. The van der Waals surface area contributed by atoms with Crippen molar-refractivity contribution in [2.75, 3.05) is 18.0 Å². The molecule has 2 aromatic rings. The van der Waals surface area contributed by atoms with Crippen molar-refractivity contribution in [2.24, 2.45) is 0 Å². The van der Waals surface area contributed by atoms with Crippen LogP contribution in [0.1, 0.15) is 24.0 Å². The Labute approximate surface area is 175 Å². The van der Waals surface area contributed by atoms with Gasteiger partial charge >= 0.3 is 0 Å². The van der Waals surface area contributed by atoms with Crippen molar-refractivity contribution in [2.45, 2.75) is 24.6 Å². The maximum atomic E-state index is 13.0. The summed E-state index contributed by atoms with van der Waals surface area (Å²) in [6.07, 6.45) is 4.14. The maximum Gasteiger partial charge on any atom is 0.267 e. The molecule has 0 bridgehead atoms. The fraction of sp³-hybridized carbons (Fsp3) is 0.286. The van der Waals surface area contributed by atoms with Gasteiger partial charge in [-0.1, -0.05) is 30.3 Å². The molecule has 1 aliphatic rings. The summed E-state index contributed by atoms with van der Waals surface area (Å²) in [6.45, 7) is 1.31. The van der Waals surface area contributed by atoms with Crippen LogP contribution in [0.4, 0.5) is 10.1 Å². The second kappa shape index (κ2) is 9.84. The van der Waals surface area contributed by atoms with E-state index in [4.69, 9.17) is 5.21 Å². The average Bonchev–Trinajstić information content (AvgIpc) is 2.74. The quantitative estimate of drug-likeness (QED) is 0.354. The number of sulfonamides is 1.